The second kappa shape index (κ2) is 7.64. The highest BCUT2D eigenvalue weighted by Gasteiger charge is 2.27. The Labute approximate surface area is 127 Å². The molecule has 0 bridgehead atoms. The maximum atomic E-state index is 11.8. The van der Waals surface area contributed by atoms with Crippen LogP contribution in [-0.4, -0.2) is 54.7 Å². The highest BCUT2D eigenvalue weighted by atomic mass is 16.6. The molecular weight excluding hydrogens is 270 g/mol. The molecule has 1 heterocycles. The quantitative estimate of drug-likeness (QED) is 0.822. The van der Waals surface area contributed by atoms with Crippen molar-refractivity contribution in [3.8, 4) is 0 Å². The highest BCUT2D eigenvalue weighted by Crippen LogP contribution is 2.16. The van der Waals surface area contributed by atoms with Gasteiger partial charge in [-0.3, -0.25) is 9.69 Å². The van der Waals surface area contributed by atoms with Gasteiger partial charge in [-0.25, -0.2) is 4.79 Å². The standard InChI is InChI=1S/C15H29N3O3/c1-11-8-13(17-14(20)21-15(3,4)5)10-18(9-11)7-6-16-12(2)19/h11,13H,6-10H2,1-5H3,(H,16,19)(H,17,20). The van der Waals surface area contributed by atoms with Crippen LogP contribution in [0.1, 0.15) is 41.0 Å². The molecule has 0 aromatic carbocycles. The fourth-order valence-electron chi connectivity index (χ4n) is 2.61. The summed E-state index contributed by atoms with van der Waals surface area (Å²) in [6.45, 7) is 12.5. The van der Waals surface area contributed by atoms with Gasteiger partial charge in [0.2, 0.25) is 5.91 Å². The molecule has 1 rings (SSSR count). The molecule has 6 heteroatoms. The molecular formula is C15H29N3O3. The Morgan fingerprint density at radius 2 is 1.95 bits per heavy atom. The van der Waals surface area contributed by atoms with E-state index >= 15 is 0 Å². The summed E-state index contributed by atoms with van der Waals surface area (Å²) in [6, 6.07) is 0.0981. The van der Waals surface area contributed by atoms with E-state index in [4.69, 9.17) is 4.74 Å². The van der Waals surface area contributed by atoms with Crippen molar-refractivity contribution in [2.24, 2.45) is 5.92 Å². The SMILES string of the molecule is CC(=O)NCCN1CC(C)CC(NC(=O)OC(C)(C)C)C1. The van der Waals surface area contributed by atoms with E-state index in [9.17, 15) is 9.59 Å². The average molecular weight is 299 g/mol. The van der Waals surface area contributed by atoms with Crippen molar-refractivity contribution in [1.29, 1.82) is 0 Å². The van der Waals surface area contributed by atoms with Gasteiger partial charge in [0.15, 0.2) is 0 Å². The van der Waals surface area contributed by atoms with Crippen molar-refractivity contribution < 1.29 is 14.3 Å². The van der Waals surface area contributed by atoms with Crippen LogP contribution in [0.3, 0.4) is 0 Å². The number of carbonyl (C=O) groups is 2. The Bertz CT molecular complexity index is 366. The molecule has 0 spiro atoms. The Morgan fingerprint density at radius 1 is 1.29 bits per heavy atom. The first-order valence-electron chi connectivity index (χ1n) is 7.62. The molecule has 2 unspecified atom stereocenters. The van der Waals surface area contributed by atoms with Gasteiger partial charge >= 0.3 is 6.09 Å². The van der Waals surface area contributed by atoms with Gasteiger partial charge in [-0.1, -0.05) is 6.92 Å². The number of amides is 2. The predicted molar refractivity (Wildman–Crippen MR) is 82.1 cm³/mol. The van der Waals surface area contributed by atoms with Crippen molar-refractivity contribution in [1.82, 2.24) is 15.5 Å². The number of rotatable bonds is 4. The average Bonchev–Trinajstić information content (AvgIpc) is 2.24. The van der Waals surface area contributed by atoms with E-state index in [2.05, 4.69) is 22.5 Å². The zero-order chi connectivity index (χ0) is 16.0. The first-order valence-corrected chi connectivity index (χ1v) is 7.62. The number of nitrogens with zero attached hydrogens (tertiary/aromatic N) is 1. The van der Waals surface area contributed by atoms with Gasteiger partial charge in [0.05, 0.1) is 0 Å². The number of hydrogen-bond donors (Lipinski definition) is 2. The number of ether oxygens (including phenoxy) is 1. The molecule has 0 saturated carbocycles. The fraction of sp³-hybridized carbons (Fsp3) is 0.867. The van der Waals surface area contributed by atoms with Crippen LogP contribution in [0.5, 0.6) is 0 Å². The van der Waals surface area contributed by atoms with Crippen molar-refractivity contribution in [2.45, 2.75) is 52.7 Å². The molecule has 2 N–H and O–H groups in total. The lowest BCUT2D eigenvalue weighted by Crippen LogP contribution is -2.52. The van der Waals surface area contributed by atoms with Gasteiger partial charge in [0.1, 0.15) is 5.60 Å². The van der Waals surface area contributed by atoms with Crippen molar-refractivity contribution in [3.63, 3.8) is 0 Å². The Balaban J connectivity index is 2.40. The number of carbonyl (C=O) groups excluding carboxylic acids is 2. The Kier molecular flexibility index (Phi) is 6.45. The van der Waals surface area contributed by atoms with Crippen molar-refractivity contribution in [2.75, 3.05) is 26.2 Å². The Morgan fingerprint density at radius 3 is 2.52 bits per heavy atom. The zero-order valence-corrected chi connectivity index (χ0v) is 13.9. The summed E-state index contributed by atoms with van der Waals surface area (Å²) in [7, 11) is 0. The van der Waals surface area contributed by atoms with E-state index in [0.29, 0.717) is 12.5 Å². The van der Waals surface area contributed by atoms with Gasteiger partial charge in [0.25, 0.3) is 0 Å². The number of alkyl carbamates (subject to hydrolysis) is 1. The Hall–Kier alpha value is -1.30. The number of likely N-dealkylation sites (tertiary alicyclic amines) is 1. The van der Waals surface area contributed by atoms with Crippen LogP contribution in [0.25, 0.3) is 0 Å². The van der Waals surface area contributed by atoms with Crippen LogP contribution >= 0.6 is 0 Å². The molecule has 122 valence electrons. The molecule has 6 nitrogen and oxygen atoms in total. The van der Waals surface area contributed by atoms with Gasteiger partial charge in [0, 0.05) is 39.1 Å². The molecule has 21 heavy (non-hydrogen) atoms. The minimum atomic E-state index is -0.477. The molecule has 0 aromatic heterocycles. The first kappa shape index (κ1) is 17.8. The smallest absolute Gasteiger partial charge is 0.407 e. The molecule has 1 saturated heterocycles. The normalized spacial score (nSPS) is 23.5. The van der Waals surface area contributed by atoms with Crippen LogP contribution in [-0.2, 0) is 9.53 Å². The van der Waals surface area contributed by atoms with E-state index in [1.807, 2.05) is 20.8 Å². The van der Waals surface area contributed by atoms with E-state index in [1.165, 1.54) is 6.92 Å². The fourth-order valence-corrected chi connectivity index (χ4v) is 2.61. The summed E-state index contributed by atoms with van der Waals surface area (Å²) in [5.74, 6) is 0.500. The third kappa shape index (κ3) is 7.90. The largest absolute Gasteiger partial charge is 0.444 e. The maximum absolute atomic E-state index is 11.8. The molecule has 1 aliphatic heterocycles. The number of piperidine rings is 1. The van der Waals surface area contributed by atoms with E-state index < -0.39 is 5.60 Å². The van der Waals surface area contributed by atoms with E-state index in [0.717, 1.165) is 26.1 Å². The van der Waals surface area contributed by atoms with Crippen LogP contribution in [0, 0.1) is 5.92 Å². The van der Waals surface area contributed by atoms with Gasteiger partial charge in [-0.2, -0.15) is 0 Å². The number of hydrogen-bond acceptors (Lipinski definition) is 4. The minimum absolute atomic E-state index is 0.0107. The summed E-state index contributed by atoms with van der Waals surface area (Å²) >= 11 is 0. The minimum Gasteiger partial charge on any atom is -0.444 e. The predicted octanol–water partition coefficient (Wildman–Crippen LogP) is 1.36. The number of nitrogens with one attached hydrogen (secondary N) is 2. The lowest BCUT2D eigenvalue weighted by atomic mass is 9.96. The first-order chi connectivity index (χ1) is 9.65. The summed E-state index contributed by atoms with van der Waals surface area (Å²) in [6.07, 6.45) is 0.596. The van der Waals surface area contributed by atoms with Crippen LogP contribution < -0.4 is 10.6 Å². The highest BCUT2D eigenvalue weighted by molar-refractivity contribution is 5.72. The molecule has 1 fully saturated rings. The molecule has 1 aliphatic rings. The molecule has 0 aromatic rings. The van der Waals surface area contributed by atoms with Gasteiger partial charge in [-0.05, 0) is 33.1 Å². The maximum Gasteiger partial charge on any atom is 0.407 e. The lowest BCUT2D eigenvalue weighted by Gasteiger charge is -2.37. The third-order valence-electron chi connectivity index (χ3n) is 3.26. The summed E-state index contributed by atoms with van der Waals surface area (Å²) in [5, 5.41) is 5.75. The monoisotopic (exact) mass is 299 g/mol. The van der Waals surface area contributed by atoms with E-state index in [-0.39, 0.29) is 18.0 Å². The zero-order valence-electron chi connectivity index (χ0n) is 13.9. The van der Waals surface area contributed by atoms with Crippen LogP contribution in [0.2, 0.25) is 0 Å². The van der Waals surface area contributed by atoms with Gasteiger partial charge < -0.3 is 15.4 Å². The summed E-state index contributed by atoms with van der Waals surface area (Å²) in [5.41, 5.74) is -0.477. The van der Waals surface area contributed by atoms with Crippen molar-refractivity contribution in [3.05, 3.63) is 0 Å². The second-order valence-corrected chi connectivity index (χ2v) is 6.93. The summed E-state index contributed by atoms with van der Waals surface area (Å²) < 4.78 is 5.30. The summed E-state index contributed by atoms with van der Waals surface area (Å²) in [4.78, 5) is 25.0. The van der Waals surface area contributed by atoms with Crippen LogP contribution in [0.15, 0.2) is 0 Å². The molecule has 0 radical (unpaired) electrons. The second-order valence-electron chi connectivity index (χ2n) is 6.93. The van der Waals surface area contributed by atoms with Gasteiger partial charge in [-0.15, -0.1) is 0 Å². The molecule has 0 aliphatic carbocycles. The van der Waals surface area contributed by atoms with Crippen LogP contribution in [0.4, 0.5) is 4.79 Å². The molecule has 2 atom stereocenters. The topological polar surface area (TPSA) is 70.7 Å². The third-order valence-corrected chi connectivity index (χ3v) is 3.26. The van der Waals surface area contributed by atoms with E-state index in [1.54, 1.807) is 0 Å². The molecule has 2 amide bonds. The lowest BCUT2D eigenvalue weighted by molar-refractivity contribution is -0.119. The van der Waals surface area contributed by atoms with Crippen molar-refractivity contribution >= 4 is 12.0 Å².